The Hall–Kier alpha value is -7.01. The van der Waals surface area contributed by atoms with E-state index in [0.29, 0.717) is 17.5 Å². The largest absolute Gasteiger partial charge is 0.208 e. The summed E-state index contributed by atoms with van der Waals surface area (Å²) in [6, 6.07) is 67.9. The third-order valence-electron chi connectivity index (χ3n) is 11.8. The van der Waals surface area contributed by atoms with Crippen molar-refractivity contribution in [2.75, 3.05) is 0 Å². The highest BCUT2D eigenvalue weighted by atomic mass is 32.1. The van der Waals surface area contributed by atoms with Crippen LogP contribution < -0.4 is 0 Å². The summed E-state index contributed by atoms with van der Waals surface area (Å²) in [4.78, 5) is 15.1. The molecule has 3 nitrogen and oxygen atoms in total. The first-order valence-electron chi connectivity index (χ1n) is 19.0. The van der Waals surface area contributed by atoms with Gasteiger partial charge in [0.05, 0.1) is 5.41 Å². The van der Waals surface area contributed by atoms with Crippen LogP contribution in [-0.4, -0.2) is 15.0 Å². The topological polar surface area (TPSA) is 38.7 Å². The molecule has 260 valence electrons. The fourth-order valence-electron chi connectivity index (χ4n) is 9.31. The Kier molecular flexibility index (Phi) is 6.72. The van der Waals surface area contributed by atoms with E-state index in [1.807, 2.05) is 18.2 Å². The molecule has 0 unspecified atom stereocenters. The summed E-state index contributed by atoms with van der Waals surface area (Å²) < 4.78 is 2.50. The van der Waals surface area contributed by atoms with Gasteiger partial charge in [-0.25, -0.2) is 15.0 Å². The molecule has 10 aromatic rings. The first-order valence-corrected chi connectivity index (χ1v) is 19.8. The van der Waals surface area contributed by atoms with Crippen LogP contribution in [0.15, 0.2) is 188 Å². The average molecular weight is 730 g/mol. The second-order valence-corrected chi connectivity index (χ2v) is 15.8. The van der Waals surface area contributed by atoms with Gasteiger partial charge in [0.15, 0.2) is 17.5 Å². The van der Waals surface area contributed by atoms with Crippen molar-refractivity contribution in [3.8, 4) is 67.5 Å². The first kappa shape index (κ1) is 31.4. The van der Waals surface area contributed by atoms with E-state index in [9.17, 15) is 0 Å². The maximum absolute atomic E-state index is 5.09. The van der Waals surface area contributed by atoms with Crippen LogP contribution in [0, 0.1) is 0 Å². The zero-order chi connectivity index (χ0) is 36.8. The SMILES string of the molecule is c1ccc(-c2nc(-c3ccc(-c4ccc5c(c4)-c4ccccc4C54c5ccccc5-c5ccccc54)cc3)nc(-c3ccc4c(c3)sc3ccccc34)n2)cc1. The summed E-state index contributed by atoms with van der Waals surface area (Å²) in [7, 11) is 0. The lowest BCUT2D eigenvalue weighted by molar-refractivity contribution is 0.794. The molecule has 2 heterocycles. The molecule has 0 radical (unpaired) electrons. The summed E-state index contributed by atoms with van der Waals surface area (Å²) in [5, 5.41) is 2.53. The van der Waals surface area contributed by atoms with Gasteiger partial charge in [0, 0.05) is 36.9 Å². The lowest BCUT2D eigenvalue weighted by atomic mass is 9.70. The molecule has 1 spiro atoms. The lowest BCUT2D eigenvalue weighted by Gasteiger charge is -2.30. The van der Waals surface area contributed by atoms with Gasteiger partial charge in [0.25, 0.3) is 0 Å². The molecule has 2 aliphatic rings. The number of thiophene rings is 1. The van der Waals surface area contributed by atoms with Gasteiger partial charge < -0.3 is 0 Å². The van der Waals surface area contributed by atoms with Crippen LogP contribution in [0.2, 0.25) is 0 Å². The van der Waals surface area contributed by atoms with Gasteiger partial charge in [-0.3, -0.25) is 0 Å². The average Bonchev–Trinajstić information content (AvgIpc) is 3.90. The number of rotatable bonds is 4. The van der Waals surface area contributed by atoms with Crippen LogP contribution in [0.3, 0.4) is 0 Å². The van der Waals surface area contributed by atoms with E-state index in [1.54, 1.807) is 11.3 Å². The lowest BCUT2D eigenvalue weighted by Crippen LogP contribution is -2.25. The zero-order valence-corrected chi connectivity index (χ0v) is 31.0. The molecule has 2 aromatic heterocycles. The van der Waals surface area contributed by atoms with Gasteiger partial charge in [-0.05, 0) is 73.8 Å². The molecule has 0 fully saturated rings. The van der Waals surface area contributed by atoms with Crippen LogP contribution in [0.5, 0.6) is 0 Å². The Morgan fingerprint density at radius 1 is 0.304 bits per heavy atom. The van der Waals surface area contributed by atoms with Crippen molar-refractivity contribution >= 4 is 31.5 Å². The summed E-state index contributed by atoms with van der Waals surface area (Å²) in [6.45, 7) is 0. The highest BCUT2D eigenvalue weighted by molar-refractivity contribution is 7.25. The number of nitrogens with zero attached hydrogens (tertiary/aromatic N) is 3. The Labute approximate surface area is 328 Å². The van der Waals surface area contributed by atoms with Crippen LogP contribution in [0.4, 0.5) is 0 Å². The summed E-state index contributed by atoms with van der Waals surface area (Å²) in [5.41, 5.74) is 15.5. The molecule has 12 rings (SSSR count). The van der Waals surface area contributed by atoms with Crippen LogP contribution in [0.25, 0.3) is 87.7 Å². The van der Waals surface area contributed by atoms with E-state index in [0.717, 1.165) is 22.3 Å². The van der Waals surface area contributed by atoms with Gasteiger partial charge in [-0.2, -0.15) is 0 Å². The molecule has 0 bridgehead atoms. The second kappa shape index (κ2) is 12.0. The Morgan fingerprint density at radius 2 is 0.768 bits per heavy atom. The van der Waals surface area contributed by atoms with Crippen LogP contribution in [-0.2, 0) is 5.41 Å². The minimum atomic E-state index is -0.337. The number of hydrogen-bond acceptors (Lipinski definition) is 4. The molecule has 0 N–H and O–H groups in total. The Morgan fingerprint density at radius 3 is 1.45 bits per heavy atom. The maximum atomic E-state index is 5.09. The predicted octanol–water partition coefficient (Wildman–Crippen LogP) is 13.3. The van der Waals surface area contributed by atoms with Crippen molar-refractivity contribution in [1.29, 1.82) is 0 Å². The standard InChI is InChI=1S/C52H31N3S/c1-2-12-33(13-3-1)49-53-50(55-51(54-49)36-26-28-41-40-17-7-11-21-47(40)56-48(41)31-36)34-24-22-32(23-25-34)35-27-29-46-42(30-35)39-16-6-10-20-45(39)52(46)43-18-8-4-14-37(43)38-15-5-9-19-44(38)52/h1-31H. The molecule has 0 aliphatic heterocycles. The van der Waals surface area contributed by atoms with Crippen molar-refractivity contribution in [2.45, 2.75) is 5.41 Å². The van der Waals surface area contributed by atoms with Gasteiger partial charge in [-0.1, -0.05) is 170 Å². The fourth-order valence-corrected chi connectivity index (χ4v) is 10.5. The summed E-state index contributed by atoms with van der Waals surface area (Å²) in [5.74, 6) is 1.98. The highest BCUT2D eigenvalue weighted by Crippen LogP contribution is 2.62. The highest BCUT2D eigenvalue weighted by Gasteiger charge is 2.51. The van der Waals surface area contributed by atoms with Crippen molar-refractivity contribution < 1.29 is 0 Å². The number of hydrogen-bond donors (Lipinski definition) is 0. The summed E-state index contributed by atoms with van der Waals surface area (Å²) in [6.07, 6.45) is 0. The molecule has 0 saturated carbocycles. The fraction of sp³-hybridized carbons (Fsp3) is 0.0192. The number of aromatic nitrogens is 3. The zero-order valence-electron chi connectivity index (χ0n) is 30.1. The smallest absolute Gasteiger partial charge is 0.164 e. The van der Waals surface area contributed by atoms with Gasteiger partial charge >= 0.3 is 0 Å². The van der Waals surface area contributed by atoms with E-state index in [2.05, 4.69) is 170 Å². The molecule has 8 aromatic carbocycles. The normalized spacial score (nSPS) is 13.1. The van der Waals surface area contributed by atoms with E-state index in [1.165, 1.54) is 70.2 Å². The predicted molar refractivity (Wildman–Crippen MR) is 231 cm³/mol. The monoisotopic (exact) mass is 729 g/mol. The number of benzene rings is 8. The molecule has 0 amide bonds. The first-order chi connectivity index (χ1) is 27.7. The molecule has 4 heteroatoms. The van der Waals surface area contributed by atoms with Crippen molar-refractivity contribution in [3.63, 3.8) is 0 Å². The van der Waals surface area contributed by atoms with Gasteiger partial charge in [0.1, 0.15) is 0 Å². The molecule has 2 aliphatic carbocycles. The Bertz CT molecular complexity index is 3150. The third kappa shape index (κ3) is 4.48. The van der Waals surface area contributed by atoms with E-state index in [4.69, 9.17) is 15.0 Å². The molecule has 56 heavy (non-hydrogen) atoms. The Balaban J connectivity index is 0.959. The number of fused-ring (bicyclic) bond motifs is 13. The maximum Gasteiger partial charge on any atom is 0.164 e. The molecule has 0 atom stereocenters. The van der Waals surface area contributed by atoms with Gasteiger partial charge in [-0.15, -0.1) is 11.3 Å². The molecule has 0 saturated heterocycles. The van der Waals surface area contributed by atoms with E-state index < -0.39 is 0 Å². The van der Waals surface area contributed by atoms with Gasteiger partial charge in [0.2, 0.25) is 0 Å². The second-order valence-electron chi connectivity index (χ2n) is 14.7. The van der Waals surface area contributed by atoms with E-state index in [-0.39, 0.29) is 5.41 Å². The van der Waals surface area contributed by atoms with Crippen molar-refractivity contribution in [2.24, 2.45) is 0 Å². The third-order valence-corrected chi connectivity index (χ3v) is 12.9. The molecular weight excluding hydrogens is 699 g/mol. The minimum absolute atomic E-state index is 0.337. The molecular formula is C52H31N3S. The quantitative estimate of drug-likeness (QED) is 0.181. The van der Waals surface area contributed by atoms with Crippen LogP contribution in [0.1, 0.15) is 22.3 Å². The van der Waals surface area contributed by atoms with Crippen LogP contribution >= 0.6 is 11.3 Å². The van der Waals surface area contributed by atoms with E-state index >= 15 is 0 Å². The minimum Gasteiger partial charge on any atom is -0.208 e. The summed E-state index contributed by atoms with van der Waals surface area (Å²) >= 11 is 1.80. The van der Waals surface area contributed by atoms with Crippen molar-refractivity contribution in [1.82, 2.24) is 15.0 Å². The van der Waals surface area contributed by atoms with Crippen molar-refractivity contribution in [3.05, 3.63) is 210 Å².